The minimum absolute atomic E-state index is 0.0352. The summed E-state index contributed by atoms with van der Waals surface area (Å²) in [4.78, 5) is 12.9. The molecule has 4 rings (SSSR count). The molecule has 4 aromatic rings. The number of carbonyl (C=O) groups is 1. The van der Waals surface area contributed by atoms with E-state index < -0.39 is 11.6 Å². The molecule has 0 aliphatic heterocycles. The summed E-state index contributed by atoms with van der Waals surface area (Å²) in [6, 6.07) is 19.6. The highest BCUT2D eigenvalue weighted by atomic mass is 19.1. The predicted molar refractivity (Wildman–Crippen MR) is 104 cm³/mol. The van der Waals surface area contributed by atoms with Crippen LogP contribution in [0.15, 0.2) is 79.0 Å². The van der Waals surface area contributed by atoms with E-state index in [4.69, 9.17) is 4.74 Å². The van der Waals surface area contributed by atoms with E-state index in [0.717, 1.165) is 10.9 Å². The van der Waals surface area contributed by atoms with Crippen LogP contribution in [0, 0.1) is 11.6 Å². The first-order valence-corrected chi connectivity index (χ1v) is 8.89. The maximum Gasteiger partial charge on any atom is 0.198 e. The molecule has 5 heteroatoms. The first-order chi connectivity index (χ1) is 13.6. The maximum atomic E-state index is 14.1. The third-order valence-electron chi connectivity index (χ3n) is 4.58. The molecule has 1 aromatic heterocycles. The monoisotopic (exact) mass is 377 g/mol. The third-order valence-corrected chi connectivity index (χ3v) is 4.58. The molecule has 1 heterocycles. The van der Waals surface area contributed by atoms with Gasteiger partial charge in [0.25, 0.3) is 0 Å². The summed E-state index contributed by atoms with van der Waals surface area (Å²) < 4.78 is 35.2. The molecule has 0 aliphatic rings. The molecule has 0 amide bonds. The highest BCUT2D eigenvalue weighted by Gasteiger charge is 2.19. The lowest BCUT2D eigenvalue weighted by Gasteiger charge is -2.08. The molecule has 0 atom stereocenters. The number of ketones is 1. The number of ether oxygens (including phenoxy) is 1. The van der Waals surface area contributed by atoms with Crippen LogP contribution in [0.4, 0.5) is 8.78 Å². The first kappa shape index (κ1) is 17.9. The van der Waals surface area contributed by atoms with Crippen molar-refractivity contribution in [3.63, 3.8) is 0 Å². The fourth-order valence-electron chi connectivity index (χ4n) is 3.22. The van der Waals surface area contributed by atoms with E-state index in [1.54, 1.807) is 36.5 Å². The predicted octanol–water partition coefficient (Wildman–Crippen LogP) is 5.23. The van der Waals surface area contributed by atoms with E-state index in [9.17, 15) is 13.6 Å². The maximum absolute atomic E-state index is 14.1. The number of nitrogens with zero attached hydrogens (tertiary/aromatic N) is 1. The van der Waals surface area contributed by atoms with Crippen molar-refractivity contribution in [1.29, 1.82) is 0 Å². The topological polar surface area (TPSA) is 31.2 Å². The average Bonchev–Trinajstić information content (AvgIpc) is 3.08. The average molecular weight is 377 g/mol. The van der Waals surface area contributed by atoms with Crippen molar-refractivity contribution in [1.82, 2.24) is 4.57 Å². The van der Waals surface area contributed by atoms with Gasteiger partial charge in [-0.1, -0.05) is 42.5 Å². The Bertz CT molecular complexity index is 1150. The summed E-state index contributed by atoms with van der Waals surface area (Å²) >= 11 is 0. The molecular weight excluding hydrogens is 360 g/mol. The molecule has 0 saturated heterocycles. The quantitative estimate of drug-likeness (QED) is 0.431. The molecule has 3 nitrogen and oxygen atoms in total. The largest absolute Gasteiger partial charge is 0.489 e. The number of fused-ring (bicyclic) bond motifs is 1. The number of aromatic nitrogens is 1. The van der Waals surface area contributed by atoms with Gasteiger partial charge in [-0.05, 0) is 30.3 Å². The number of hydrogen-bond acceptors (Lipinski definition) is 2. The number of halogens is 2. The Hall–Kier alpha value is -3.47. The van der Waals surface area contributed by atoms with E-state index >= 15 is 0 Å². The number of rotatable bonds is 6. The van der Waals surface area contributed by atoms with Crippen LogP contribution in [-0.4, -0.2) is 17.0 Å². The summed E-state index contributed by atoms with van der Waals surface area (Å²) in [5.74, 6) is -1.16. The zero-order chi connectivity index (χ0) is 19.5. The smallest absolute Gasteiger partial charge is 0.198 e. The lowest BCUT2D eigenvalue weighted by molar-refractivity contribution is 0.103. The van der Waals surface area contributed by atoms with E-state index in [1.807, 2.05) is 28.8 Å². The van der Waals surface area contributed by atoms with Gasteiger partial charge in [-0.3, -0.25) is 4.79 Å². The molecule has 0 saturated carbocycles. The molecule has 140 valence electrons. The number of benzene rings is 3. The lowest BCUT2D eigenvalue weighted by Crippen LogP contribution is -2.08. The molecule has 0 radical (unpaired) electrons. The normalized spacial score (nSPS) is 10.9. The van der Waals surface area contributed by atoms with Gasteiger partial charge in [0, 0.05) is 22.7 Å². The zero-order valence-corrected chi connectivity index (χ0v) is 14.9. The summed E-state index contributed by atoms with van der Waals surface area (Å²) in [6.07, 6.45) is 1.70. The van der Waals surface area contributed by atoms with Gasteiger partial charge in [0.15, 0.2) is 17.3 Å². The van der Waals surface area contributed by atoms with E-state index in [1.165, 1.54) is 18.2 Å². The van der Waals surface area contributed by atoms with E-state index in [2.05, 4.69) is 0 Å². The van der Waals surface area contributed by atoms with E-state index in [0.29, 0.717) is 12.1 Å². The van der Waals surface area contributed by atoms with Crippen LogP contribution >= 0.6 is 0 Å². The molecule has 0 unspecified atom stereocenters. The van der Waals surface area contributed by atoms with Crippen LogP contribution < -0.4 is 4.74 Å². The summed E-state index contributed by atoms with van der Waals surface area (Å²) in [5.41, 5.74) is 1.29. The van der Waals surface area contributed by atoms with Gasteiger partial charge in [-0.25, -0.2) is 8.78 Å². The standard InChI is InChI=1S/C23H17F2NO2/c24-19-9-3-1-8-17(19)23(27)18-15-26(21-11-5-2-7-16(18)21)13-14-28-22-12-6-4-10-20(22)25/h1-12,15H,13-14H2. The van der Waals surface area contributed by atoms with Crippen molar-refractivity contribution < 1.29 is 18.3 Å². The Kier molecular flexibility index (Phi) is 4.89. The summed E-state index contributed by atoms with van der Waals surface area (Å²) in [5, 5.41) is 0.738. The number of carbonyl (C=O) groups excluding carboxylic acids is 1. The van der Waals surface area contributed by atoms with Crippen LogP contribution in [-0.2, 0) is 6.54 Å². The highest BCUT2D eigenvalue weighted by molar-refractivity contribution is 6.16. The van der Waals surface area contributed by atoms with Crippen LogP contribution in [0.5, 0.6) is 5.75 Å². The third kappa shape index (κ3) is 3.39. The Morgan fingerprint density at radius 2 is 1.50 bits per heavy atom. The number of para-hydroxylation sites is 2. The Balaban J connectivity index is 1.62. The Morgan fingerprint density at radius 1 is 0.821 bits per heavy atom. The highest BCUT2D eigenvalue weighted by Crippen LogP contribution is 2.25. The van der Waals surface area contributed by atoms with Crippen molar-refractivity contribution in [3.05, 3.63) is 102 Å². The van der Waals surface area contributed by atoms with Gasteiger partial charge in [0.05, 0.1) is 12.1 Å². The first-order valence-electron chi connectivity index (χ1n) is 8.89. The molecule has 0 fully saturated rings. The Morgan fingerprint density at radius 3 is 2.29 bits per heavy atom. The van der Waals surface area contributed by atoms with Crippen LogP contribution in [0.25, 0.3) is 10.9 Å². The van der Waals surface area contributed by atoms with Crippen molar-refractivity contribution in [2.45, 2.75) is 6.54 Å². The molecule has 0 bridgehead atoms. The van der Waals surface area contributed by atoms with Crippen LogP contribution in [0.1, 0.15) is 15.9 Å². The summed E-state index contributed by atoms with van der Waals surface area (Å²) in [7, 11) is 0. The van der Waals surface area contributed by atoms with E-state index in [-0.39, 0.29) is 23.7 Å². The van der Waals surface area contributed by atoms with Gasteiger partial charge < -0.3 is 9.30 Å². The molecule has 28 heavy (non-hydrogen) atoms. The summed E-state index contributed by atoms with van der Waals surface area (Å²) in [6.45, 7) is 0.645. The van der Waals surface area contributed by atoms with Crippen LogP contribution in [0.3, 0.4) is 0 Å². The number of hydrogen-bond donors (Lipinski definition) is 0. The fourth-order valence-corrected chi connectivity index (χ4v) is 3.22. The molecule has 0 N–H and O–H groups in total. The fraction of sp³-hybridized carbons (Fsp3) is 0.0870. The minimum Gasteiger partial charge on any atom is -0.489 e. The van der Waals surface area contributed by atoms with Gasteiger partial charge in [-0.15, -0.1) is 0 Å². The molecule has 0 spiro atoms. The van der Waals surface area contributed by atoms with Crippen molar-refractivity contribution in [3.8, 4) is 5.75 Å². The minimum atomic E-state index is -0.549. The van der Waals surface area contributed by atoms with Gasteiger partial charge in [0.1, 0.15) is 12.4 Å². The molecule has 3 aromatic carbocycles. The van der Waals surface area contributed by atoms with Crippen molar-refractivity contribution in [2.24, 2.45) is 0 Å². The van der Waals surface area contributed by atoms with Gasteiger partial charge >= 0.3 is 0 Å². The zero-order valence-electron chi connectivity index (χ0n) is 14.9. The Labute approximate surface area is 160 Å². The van der Waals surface area contributed by atoms with Gasteiger partial charge in [-0.2, -0.15) is 0 Å². The van der Waals surface area contributed by atoms with Crippen molar-refractivity contribution >= 4 is 16.7 Å². The van der Waals surface area contributed by atoms with Gasteiger partial charge in [0.2, 0.25) is 0 Å². The lowest BCUT2D eigenvalue weighted by atomic mass is 10.0. The molecular formula is C23H17F2NO2. The SMILES string of the molecule is O=C(c1ccccc1F)c1cn(CCOc2ccccc2F)c2ccccc12. The second-order valence-corrected chi connectivity index (χ2v) is 6.34. The van der Waals surface area contributed by atoms with Crippen molar-refractivity contribution in [2.75, 3.05) is 6.61 Å². The molecule has 0 aliphatic carbocycles. The van der Waals surface area contributed by atoms with Crippen LogP contribution in [0.2, 0.25) is 0 Å². The second-order valence-electron chi connectivity index (χ2n) is 6.34. The second kappa shape index (κ2) is 7.64.